The van der Waals surface area contributed by atoms with Gasteiger partial charge in [-0.25, -0.2) is 14.0 Å². The highest BCUT2D eigenvalue weighted by Gasteiger charge is 2.31. The standard InChI is InChI=1S/C39H43F4N7OS.C4H6O6/c1-4-48(5-2)22-21-47(3)24-35-45-46-36(50(35)23-27-9-13-29(14-10-27)30-15-17-31(18-16-30)39(41,42)43)25-49-34-8-6-7-33(34)37(51)44-38(49)52-26-28-11-19-32(40)20-12-28;5-1(3(7)8)2(6)4(9)10/h9-20H,4-8,21-26H2,1-3H3;1-2,5-6H,(H,7,8)(H,9,10). The van der Waals surface area contributed by atoms with Crippen LogP contribution in [0.5, 0.6) is 0 Å². The molecule has 2 aromatic heterocycles. The van der Waals surface area contributed by atoms with Crippen LogP contribution in [-0.4, -0.2) is 112 Å². The van der Waals surface area contributed by atoms with Gasteiger partial charge in [0.1, 0.15) is 11.6 Å². The lowest BCUT2D eigenvalue weighted by molar-refractivity contribution is -0.165. The number of nitrogens with zero attached hydrogens (tertiary/aromatic N) is 7. The first-order valence-corrected chi connectivity index (χ1v) is 20.9. The van der Waals surface area contributed by atoms with Gasteiger partial charge in [-0.1, -0.05) is 74.1 Å². The lowest BCUT2D eigenvalue weighted by atomic mass is 10.0. The summed E-state index contributed by atoms with van der Waals surface area (Å²) in [7, 11) is 2.07. The number of carboxylic acids is 2. The molecule has 2 unspecified atom stereocenters. The van der Waals surface area contributed by atoms with E-state index in [0.29, 0.717) is 42.5 Å². The SMILES string of the molecule is CCN(CC)CCN(C)Cc1nnc(Cn2c(SCc3ccc(F)cc3)nc(=O)c3c2CCC3)n1Cc1ccc(-c2ccc(C(F)(F)F)cc2)cc1.O=C(O)C(O)C(O)C(=O)O. The number of aromatic nitrogens is 5. The average Bonchev–Trinajstić information content (AvgIpc) is 3.89. The Hall–Kier alpha value is -5.47. The zero-order valence-corrected chi connectivity index (χ0v) is 35.2. The first kappa shape index (κ1) is 47.6. The smallest absolute Gasteiger partial charge is 0.416 e. The number of aliphatic hydroxyl groups excluding tert-OH is 2. The predicted octanol–water partition coefficient (Wildman–Crippen LogP) is 5.19. The Morgan fingerprint density at radius 1 is 0.790 bits per heavy atom. The van der Waals surface area contributed by atoms with Crippen LogP contribution in [-0.2, 0) is 54.0 Å². The van der Waals surface area contributed by atoms with E-state index < -0.39 is 35.9 Å². The maximum Gasteiger partial charge on any atom is 0.416 e. The summed E-state index contributed by atoms with van der Waals surface area (Å²) in [6.07, 6.45) is -6.60. The third-order valence-electron chi connectivity index (χ3n) is 10.4. The Morgan fingerprint density at radius 2 is 1.35 bits per heavy atom. The molecule has 332 valence electrons. The molecule has 0 spiro atoms. The fourth-order valence-corrected chi connectivity index (χ4v) is 7.76. The van der Waals surface area contributed by atoms with Crippen LogP contribution in [0.15, 0.2) is 82.7 Å². The van der Waals surface area contributed by atoms with Gasteiger partial charge in [0.05, 0.1) is 25.2 Å². The highest BCUT2D eigenvalue weighted by atomic mass is 32.2. The first-order valence-electron chi connectivity index (χ1n) is 19.9. The van der Waals surface area contributed by atoms with Gasteiger partial charge in [-0.2, -0.15) is 18.2 Å². The van der Waals surface area contributed by atoms with E-state index in [1.165, 1.54) is 36.0 Å². The minimum Gasteiger partial charge on any atom is -0.479 e. The molecular formula is C43H49F4N7O7S. The number of rotatable bonds is 18. The van der Waals surface area contributed by atoms with Gasteiger partial charge >= 0.3 is 18.1 Å². The van der Waals surface area contributed by atoms with E-state index in [1.54, 1.807) is 12.1 Å². The molecule has 0 saturated heterocycles. The van der Waals surface area contributed by atoms with E-state index in [-0.39, 0.29) is 11.4 Å². The van der Waals surface area contributed by atoms with Crippen molar-refractivity contribution in [1.29, 1.82) is 0 Å². The van der Waals surface area contributed by atoms with Crippen LogP contribution >= 0.6 is 11.8 Å². The number of thioether (sulfide) groups is 1. The van der Waals surface area contributed by atoms with Gasteiger partial charge in [-0.3, -0.25) is 9.69 Å². The van der Waals surface area contributed by atoms with E-state index in [1.807, 2.05) is 24.3 Å². The van der Waals surface area contributed by atoms with Gasteiger partial charge in [0.15, 0.2) is 23.2 Å². The van der Waals surface area contributed by atoms with Crippen molar-refractivity contribution in [3.8, 4) is 11.1 Å². The highest BCUT2D eigenvalue weighted by Crippen LogP contribution is 2.32. The maximum atomic E-state index is 13.6. The van der Waals surface area contributed by atoms with Crippen molar-refractivity contribution in [2.75, 3.05) is 33.2 Å². The van der Waals surface area contributed by atoms with Crippen LogP contribution in [0, 0.1) is 5.82 Å². The molecule has 19 heteroatoms. The molecule has 0 fully saturated rings. The Labute approximate surface area is 359 Å². The molecule has 0 bridgehead atoms. The maximum absolute atomic E-state index is 13.6. The number of hydrogen-bond donors (Lipinski definition) is 4. The third-order valence-corrected chi connectivity index (χ3v) is 11.5. The number of likely N-dealkylation sites (N-methyl/N-ethyl adjacent to an activating group) is 2. The van der Waals surface area contributed by atoms with Gasteiger partial charge in [0.25, 0.3) is 5.56 Å². The van der Waals surface area contributed by atoms with Crippen LogP contribution in [0.1, 0.15) is 59.9 Å². The zero-order chi connectivity index (χ0) is 45.1. The van der Waals surface area contributed by atoms with Gasteiger partial charge in [-0.15, -0.1) is 10.2 Å². The molecule has 3 aromatic carbocycles. The normalized spacial score (nSPS) is 13.5. The number of hydrogen-bond acceptors (Lipinski definition) is 11. The summed E-state index contributed by atoms with van der Waals surface area (Å²) < 4.78 is 57.2. The second kappa shape index (κ2) is 21.6. The molecule has 2 atom stereocenters. The van der Waals surface area contributed by atoms with E-state index in [9.17, 15) is 31.9 Å². The Bertz CT molecular complexity index is 2320. The largest absolute Gasteiger partial charge is 0.479 e. The van der Waals surface area contributed by atoms with E-state index in [0.717, 1.165) is 90.7 Å². The van der Waals surface area contributed by atoms with Crippen LogP contribution < -0.4 is 5.56 Å². The Kier molecular flexibility index (Phi) is 16.5. The van der Waals surface area contributed by atoms with Crippen molar-refractivity contribution < 1.29 is 47.6 Å². The zero-order valence-electron chi connectivity index (χ0n) is 34.4. The first-order chi connectivity index (χ1) is 29.5. The number of carboxylic acid groups (broad SMARTS) is 2. The lowest BCUT2D eigenvalue weighted by Gasteiger charge is -2.23. The lowest BCUT2D eigenvalue weighted by Crippen LogP contribution is -2.39. The average molecular weight is 884 g/mol. The number of fused-ring (bicyclic) bond motifs is 1. The molecule has 5 aromatic rings. The number of carbonyl (C=O) groups is 2. The fraction of sp³-hybridized carbons (Fsp3) is 0.395. The fourth-order valence-electron chi connectivity index (χ4n) is 6.80. The van der Waals surface area contributed by atoms with Crippen molar-refractivity contribution in [3.63, 3.8) is 0 Å². The molecule has 0 aliphatic heterocycles. The minimum absolute atomic E-state index is 0.199. The molecule has 1 aliphatic carbocycles. The van der Waals surface area contributed by atoms with Gasteiger partial charge in [0.2, 0.25) is 0 Å². The van der Waals surface area contributed by atoms with Crippen LogP contribution in [0.2, 0.25) is 0 Å². The van der Waals surface area contributed by atoms with Crippen LogP contribution in [0.4, 0.5) is 17.6 Å². The highest BCUT2D eigenvalue weighted by molar-refractivity contribution is 7.98. The van der Waals surface area contributed by atoms with Crippen LogP contribution in [0.25, 0.3) is 11.1 Å². The molecule has 62 heavy (non-hydrogen) atoms. The summed E-state index contributed by atoms with van der Waals surface area (Å²) in [5.41, 5.74) is 4.26. The van der Waals surface area contributed by atoms with Crippen molar-refractivity contribution in [2.24, 2.45) is 0 Å². The summed E-state index contributed by atoms with van der Waals surface area (Å²) in [5, 5.41) is 42.5. The predicted molar refractivity (Wildman–Crippen MR) is 223 cm³/mol. The van der Waals surface area contributed by atoms with Crippen molar-refractivity contribution in [2.45, 2.75) is 82.0 Å². The molecule has 0 saturated carbocycles. The van der Waals surface area contributed by atoms with Gasteiger partial charge in [-0.05, 0) is 85.9 Å². The number of halogens is 4. The molecule has 14 nitrogen and oxygen atoms in total. The molecule has 0 amide bonds. The Balaban J connectivity index is 0.000000646. The summed E-state index contributed by atoms with van der Waals surface area (Å²) in [6, 6.07) is 19.3. The molecule has 1 aliphatic rings. The van der Waals surface area contributed by atoms with E-state index >= 15 is 0 Å². The molecule has 0 radical (unpaired) electrons. The van der Waals surface area contributed by atoms with Crippen LogP contribution in [0.3, 0.4) is 0 Å². The second-order valence-corrected chi connectivity index (χ2v) is 15.6. The second-order valence-electron chi connectivity index (χ2n) is 14.7. The molecule has 2 heterocycles. The topological polar surface area (TPSA) is 187 Å². The number of aliphatic hydroxyl groups is 2. The van der Waals surface area contributed by atoms with Crippen molar-refractivity contribution in [3.05, 3.63) is 129 Å². The third kappa shape index (κ3) is 12.6. The quantitative estimate of drug-likeness (QED) is 0.0513. The minimum atomic E-state index is -4.39. The van der Waals surface area contributed by atoms with Crippen molar-refractivity contribution in [1.82, 2.24) is 34.1 Å². The molecule has 6 rings (SSSR count). The summed E-state index contributed by atoms with van der Waals surface area (Å²) in [6.45, 7) is 9.47. The summed E-state index contributed by atoms with van der Waals surface area (Å²) in [4.78, 5) is 41.8. The van der Waals surface area contributed by atoms with E-state index in [2.05, 4.69) is 49.9 Å². The van der Waals surface area contributed by atoms with Crippen molar-refractivity contribution >= 4 is 23.7 Å². The molecule has 4 N–H and O–H groups in total. The number of alkyl halides is 3. The summed E-state index contributed by atoms with van der Waals surface area (Å²) in [5.74, 6) is -1.79. The number of benzene rings is 3. The number of aliphatic carboxylic acids is 2. The monoisotopic (exact) mass is 883 g/mol. The summed E-state index contributed by atoms with van der Waals surface area (Å²) >= 11 is 1.44. The van der Waals surface area contributed by atoms with E-state index in [4.69, 9.17) is 25.5 Å². The van der Waals surface area contributed by atoms with Gasteiger partial charge < -0.3 is 34.5 Å². The molecular weight excluding hydrogens is 835 g/mol. The van der Waals surface area contributed by atoms with Gasteiger partial charge in [0, 0.05) is 30.1 Å². The Morgan fingerprint density at radius 3 is 1.92 bits per heavy atom.